The molecule has 0 saturated heterocycles. The van der Waals surface area contributed by atoms with Crippen molar-refractivity contribution >= 4 is 11.3 Å². The van der Waals surface area contributed by atoms with Crippen LogP contribution in [-0.2, 0) is 6.54 Å². The lowest BCUT2D eigenvalue weighted by Gasteiger charge is -2.11. The van der Waals surface area contributed by atoms with Gasteiger partial charge in [-0.05, 0) is 38.1 Å². The first kappa shape index (κ1) is 14.8. The molecule has 5 nitrogen and oxygen atoms in total. The Morgan fingerprint density at radius 1 is 1.32 bits per heavy atom. The fourth-order valence-corrected chi connectivity index (χ4v) is 2.81. The van der Waals surface area contributed by atoms with Crippen LogP contribution < -0.4 is 5.32 Å². The molecule has 0 fully saturated rings. The molecule has 0 bridgehead atoms. The molecule has 1 aromatic carbocycles. The standard InChI is InChI=1S/C15H16FN5S/c1-10(18-9-14-17-7-8-22-14)15-11(2)21(20-19-15)13-5-3-12(16)4-6-13/h3-8,10,18H,9H2,1-2H3. The zero-order chi connectivity index (χ0) is 15.5. The Morgan fingerprint density at radius 2 is 2.09 bits per heavy atom. The van der Waals surface area contributed by atoms with Gasteiger partial charge in [0.2, 0.25) is 0 Å². The average Bonchev–Trinajstić information content (AvgIpc) is 3.15. The maximum absolute atomic E-state index is 13.0. The topological polar surface area (TPSA) is 55.6 Å². The first-order valence-electron chi connectivity index (χ1n) is 6.95. The van der Waals surface area contributed by atoms with Crippen LogP contribution in [-0.4, -0.2) is 20.0 Å². The predicted octanol–water partition coefficient (Wildman–Crippen LogP) is 3.02. The zero-order valence-corrected chi connectivity index (χ0v) is 13.1. The molecule has 0 aliphatic carbocycles. The van der Waals surface area contributed by atoms with Crippen molar-refractivity contribution in [1.29, 1.82) is 0 Å². The van der Waals surface area contributed by atoms with E-state index in [1.807, 2.05) is 19.2 Å². The van der Waals surface area contributed by atoms with E-state index in [0.29, 0.717) is 6.54 Å². The molecule has 3 rings (SSSR count). The minimum atomic E-state index is -0.264. The molecule has 2 heterocycles. The van der Waals surface area contributed by atoms with Gasteiger partial charge in [0.05, 0.1) is 17.4 Å². The van der Waals surface area contributed by atoms with Gasteiger partial charge in [-0.2, -0.15) is 0 Å². The van der Waals surface area contributed by atoms with Crippen molar-refractivity contribution in [3.05, 3.63) is 58.1 Å². The highest BCUT2D eigenvalue weighted by Crippen LogP contribution is 2.18. The highest BCUT2D eigenvalue weighted by Gasteiger charge is 2.16. The summed E-state index contributed by atoms with van der Waals surface area (Å²) in [5.41, 5.74) is 2.61. The molecular weight excluding hydrogens is 301 g/mol. The summed E-state index contributed by atoms with van der Waals surface area (Å²) in [6.07, 6.45) is 1.79. The Morgan fingerprint density at radius 3 is 2.77 bits per heavy atom. The van der Waals surface area contributed by atoms with Gasteiger partial charge in [0, 0.05) is 18.1 Å². The summed E-state index contributed by atoms with van der Waals surface area (Å²) in [6.45, 7) is 4.70. The molecule has 1 N–H and O–H groups in total. The average molecular weight is 317 g/mol. The second kappa shape index (κ2) is 6.33. The van der Waals surface area contributed by atoms with E-state index in [-0.39, 0.29) is 11.9 Å². The van der Waals surface area contributed by atoms with Gasteiger partial charge in [-0.3, -0.25) is 0 Å². The van der Waals surface area contributed by atoms with E-state index in [0.717, 1.165) is 22.1 Å². The van der Waals surface area contributed by atoms with Crippen LogP contribution in [0.5, 0.6) is 0 Å². The Hall–Kier alpha value is -2.12. The first-order chi connectivity index (χ1) is 10.6. The predicted molar refractivity (Wildman–Crippen MR) is 83.4 cm³/mol. The molecule has 0 radical (unpaired) electrons. The van der Waals surface area contributed by atoms with Crippen LogP contribution in [0.25, 0.3) is 5.69 Å². The molecule has 1 unspecified atom stereocenters. The third-order valence-electron chi connectivity index (χ3n) is 3.45. The normalized spacial score (nSPS) is 12.5. The number of thiazole rings is 1. The van der Waals surface area contributed by atoms with E-state index >= 15 is 0 Å². The largest absolute Gasteiger partial charge is 0.302 e. The van der Waals surface area contributed by atoms with Crippen molar-refractivity contribution in [3.63, 3.8) is 0 Å². The van der Waals surface area contributed by atoms with Crippen molar-refractivity contribution in [2.24, 2.45) is 0 Å². The number of nitrogens with zero attached hydrogens (tertiary/aromatic N) is 4. The molecule has 0 spiro atoms. The van der Waals surface area contributed by atoms with E-state index < -0.39 is 0 Å². The van der Waals surface area contributed by atoms with E-state index in [9.17, 15) is 4.39 Å². The number of benzene rings is 1. The SMILES string of the molecule is Cc1c(C(C)NCc2nccs2)nnn1-c1ccc(F)cc1. The van der Waals surface area contributed by atoms with Crippen LogP contribution in [0.3, 0.4) is 0 Å². The lowest BCUT2D eigenvalue weighted by Crippen LogP contribution is -2.19. The smallest absolute Gasteiger partial charge is 0.123 e. The number of halogens is 1. The summed E-state index contributed by atoms with van der Waals surface area (Å²) < 4.78 is 14.7. The Balaban J connectivity index is 1.76. The van der Waals surface area contributed by atoms with Gasteiger partial charge < -0.3 is 5.32 Å². The number of rotatable bonds is 5. The summed E-state index contributed by atoms with van der Waals surface area (Å²) in [6, 6.07) is 6.27. The number of aromatic nitrogens is 4. The molecular formula is C15H16FN5S. The highest BCUT2D eigenvalue weighted by molar-refractivity contribution is 7.09. The molecule has 0 aliphatic heterocycles. The Bertz CT molecular complexity index is 736. The van der Waals surface area contributed by atoms with E-state index in [2.05, 4.69) is 20.6 Å². The molecule has 0 saturated carbocycles. The summed E-state index contributed by atoms with van der Waals surface area (Å²) in [7, 11) is 0. The summed E-state index contributed by atoms with van der Waals surface area (Å²) in [4.78, 5) is 4.24. The second-order valence-corrected chi connectivity index (χ2v) is 5.96. The lowest BCUT2D eigenvalue weighted by atomic mass is 10.2. The van der Waals surface area contributed by atoms with Crippen molar-refractivity contribution in [2.75, 3.05) is 0 Å². The number of hydrogen-bond donors (Lipinski definition) is 1. The molecule has 0 amide bonds. The third kappa shape index (κ3) is 3.05. The maximum Gasteiger partial charge on any atom is 0.123 e. The van der Waals surface area contributed by atoms with Crippen molar-refractivity contribution in [2.45, 2.75) is 26.4 Å². The van der Waals surface area contributed by atoms with Crippen molar-refractivity contribution in [1.82, 2.24) is 25.3 Å². The van der Waals surface area contributed by atoms with Crippen molar-refractivity contribution in [3.8, 4) is 5.69 Å². The molecule has 7 heteroatoms. The van der Waals surface area contributed by atoms with Gasteiger partial charge >= 0.3 is 0 Å². The zero-order valence-electron chi connectivity index (χ0n) is 12.3. The van der Waals surface area contributed by atoms with Crippen LogP contribution in [0.4, 0.5) is 4.39 Å². The van der Waals surface area contributed by atoms with Crippen LogP contribution in [0.1, 0.15) is 29.4 Å². The van der Waals surface area contributed by atoms with Gasteiger partial charge in [-0.25, -0.2) is 14.1 Å². The van der Waals surface area contributed by atoms with E-state index in [4.69, 9.17) is 0 Å². The van der Waals surface area contributed by atoms with Crippen LogP contribution in [0.2, 0.25) is 0 Å². The van der Waals surface area contributed by atoms with Gasteiger partial charge in [0.25, 0.3) is 0 Å². The second-order valence-electron chi connectivity index (χ2n) is 4.98. The fourth-order valence-electron chi connectivity index (χ4n) is 2.25. The molecule has 1 atom stereocenters. The van der Waals surface area contributed by atoms with Gasteiger partial charge in [-0.15, -0.1) is 16.4 Å². The minimum Gasteiger partial charge on any atom is -0.302 e. The van der Waals surface area contributed by atoms with E-state index in [1.165, 1.54) is 12.1 Å². The summed E-state index contributed by atoms with van der Waals surface area (Å²) >= 11 is 1.62. The number of hydrogen-bond acceptors (Lipinski definition) is 5. The third-order valence-corrected chi connectivity index (χ3v) is 4.23. The molecule has 3 aromatic rings. The fraction of sp³-hybridized carbons (Fsp3) is 0.267. The van der Waals surface area contributed by atoms with Crippen LogP contribution in [0.15, 0.2) is 35.8 Å². The van der Waals surface area contributed by atoms with Gasteiger partial charge in [-0.1, -0.05) is 5.21 Å². The minimum absolute atomic E-state index is 0.0538. The molecule has 22 heavy (non-hydrogen) atoms. The monoisotopic (exact) mass is 317 g/mol. The number of nitrogens with one attached hydrogen (secondary N) is 1. The van der Waals surface area contributed by atoms with E-state index in [1.54, 1.807) is 34.3 Å². The molecule has 114 valence electrons. The van der Waals surface area contributed by atoms with Gasteiger partial charge in [0.1, 0.15) is 16.5 Å². The summed E-state index contributed by atoms with van der Waals surface area (Å²) in [5, 5.41) is 14.8. The Kier molecular flexibility index (Phi) is 4.26. The quantitative estimate of drug-likeness (QED) is 0.786. The van der Waals surface area contributed by atoms with Crippen LogP contribution in [0, 0.1) is 12.7 Å². The molecule has 0 aliphatic rings. The van der Waals surface area contributed by atoms with Gasteiger partial charge in [0.15, 0.2) is 0 Å². The highest BCUT2D eigenvalue weighted by atomic mass is 32.1. The molecule has 2 aromatic heterocycles. The maximum atomic E-state index is 13.0. The first-order valence-corrected chi connectivity index (χ1v) is 7.83. The summed E-state index contributed by atoms with van der Waals surface area (Å²) in [5.74, 6) is -0.264. The Labute approximate surface area is 131 Å². The lowest BCUT2D eigenvalue weighted by molar-refractivity contribution is 0.556. The van der Waals surface area contributed by atoms with Crippen LogP contribution >= 0.6 is 11.3 Å². The van der Waals surface area contributed by atoms with Crippen molar-refractivity contribution < 1.29 is 4.39 Å².